The van der Waals surface area contributed by atoms with Crippen LogP contribution in [0.2, 0.25) is 0 Å². The molecule has 0 fully saturated rings. The molecule has 0 amide bonds. The minimum absolute atomic E-state index is 1.09. The first-order chi connectivity index (χ1) is 74.4. The molecule has 0 N–H and O–H groups in total. The van der Waals surface area contributed by atoms with Gasteiger partial charge in [0.1, 0.15) is 0 Å². The highest BCUT2D eigenvalue weighted by Gasteiger charge is 2.23. The quantitative estimate of drug-likeness (QED) is 0.0507. The lowest BCUT2D eigenvalue weighted by Crippen LogP contribution is -2.12. The second kappa shape index (κ2) is 46.2. The third-order valence-corrected chi connectivity index (χ3v) is 27.2. The van der Waals surface area contributed by atoms with Crippen LogP contribution < -0.4 is 29.4 Å². The van der Waals surface area contributed by atoms with Gasteiger partial charge in [-0.25, -0.2) is 0 Å². The number of hydrogen-bond acceptors (Lipinski definition) is 6. The van der Waals surface area contributed by atoms with E-state index in [-0.39, 0.29) is 0 Å². The maximum atomic E-state index is 2.33. The molecular formula is C144H108N6. The summed E-state index contributed by atoms with van der Waals surface area (Å²) in [6.45, 7) is 0. The molecule has 24 aromatic rings. The molecule has 714 valence electrons. The third-order valence-electron chi connectivity index (χ3n) is 27.2. The Balaban J connectivity index is 0.000000128. The van der Waals surface area contributed by atoms with Gasteiger partial charge in [-0.05, 0) is 319 Å². The lowest BCUT2D eigenvalue weighted by Gasteiger charge is -2.28. The first kappa shape index (κ1) is 95.0. The molecule has 0 unspecified atom stereocenters. The smallest absolute Gasteiger partial charge is 0.0463 e. The van der Waals surface area contributed by atoms with Crippen molar-refractivity contribution >= 4 is 102 Å². The molecule has 0 heterocycles. The maximum Gasteiger partial charge on any atom is 0.0463 e. The highest BCUT2D eigenvalue weighted by Crippen LogP contribution is 2.47. The van der Waals surface area contributed by atoms with Crippen LogP contribution >= 0.6 is 0 Å². The summed E-state index contributed by atoms with van der Waals surface area (Å²) >= 11 is 0. The summed E-state index contributed by atoms with van der Waals surface area (Å²) in [5.41, 5.74) is 41.6. The van der Waals surface area contributed by atoms with Crippen LogP contribution in [0.4, 0.5) is 102 Å². The van der Waals surface area contributed by atoms with E-state index < -0.39 is 0 Å². The normalized spacial score (nSPS) is 10.8. The first-order valence-electron chi connectivity index (χ1n) is 51.1. The largest absolute Gasteiger partial charge is 0.311 e. The summed E-state index contributed by atoms with van der Waals surface area (Å²) < 4.78 is 0. The second-order valence-corrected chi connectivity index (χ2v) is 36.8. The molecule has 0 atom stereocenters. The highest BCUT2D eigenvalue weighted by atomic mass is 15.2. The van der Waals surface area contributed by atoms with Crippen molar-refractivity contribution in [3.63, 3.8) is 0 Å². The van der Waals surface area contributed by atoms with E-state index in [1.807, 2.05) is 0 Å². The Morgan fingerprint density at radius 1 is 0.0533 bits per heavy atom. The van der Waals surface area contributed by atoms with Gasteiger partial charge in [0.05, 0.1) is 0 Å². The Bertz CT molecular complexity index is 7970. The lowest BCUT2D eigenvalue weighted by molar-refractivity contribution is 1.26. The number of benzene rings is 24. The van der Waals surface area contributed by atoms with E-state index in [1.165, 1.54) is 100 Å². The molecular weight excluding hydrogens is 1810 g/mol. The highest BCUT2D eigenvalue weighted by molar-refractivity contribution is 5.89. The minimum atomic E-state index is 1.09. The van der Waals surface area contributed by atoms with Gasteiger partial charge < -0.3 is 29.4 Å². The molecule has 0 saturated carbocycles. The molecule has 0 bridgehead atoms. The van der Waals surface area contributed by atoms with E-state index in [4.69, 9.17) is 0 Å². The van der Waals surface area contributed by atoms with Crippen LogP contribution in [-0.4, -0.2) is 0 Å². The van der Waals surface area contributed by atoms with Gasteiger partial charge in [0, 0.05) is 102 Å². The van der Waals surface area contributed by atoms with Crippen molar-refractivity contribution in [2.24, 2.45) is 0 Å². The summed E-state index contributed by atoms with van der Waals surface area (Å²) in [6.07, 6.45) is 0. The molecule has 24 aromatic carbocycles. The predicted octanol–water partition coefficient (Wildman–Crippen LogP) is 40.9. The van der Waals surface area contributed by atoms with Gasteiger partial charge >= 0.3 is 0 Å². The summed E-state index contributed by atoms with van der Waals surface area (Å²) in [7, 11) is 0. The number of hydrogen-bond donors (Lipinski definition) is 0. The van der Waals surface area contributed by atoms with Crippen molar-refractivity contribution in [3.8, 4) is 100 Å². The summed E-state index contributed by atoms with van der Waals surface area (Å²) in [4.78, 5) is 13.8. The fraction of sp³-hybridized carbons (Fsp3) is 0. The fourth-order valence-corrected chi connectivity index (χ4v) is 19.6. The SMILES string of the molecule is c1ccc(-c2ccc(N(c3ccc(-c4ccccc4)cc3)c3ccc(-c4ccc(-c5ccc(N(c6ccccc6)c6ccccc6)cc5)cc4)cc3)cc2)cc1.c1ccc(-c2ccc(N(c3ccc(-c4ccccc4)cc3)c3ccc(-c4ccc(N(c5ccccc5)c5ccccc5)cc4)cc3)cc2)cc1.c1ccc(-c2ccc(N(c3ccc(-c4ccccc4)cc3)c3ccc(N(c4ccccc4)c4ccccc4)cc3)cc2)cc1. The Hall–Kier alpha value is -19.9. The van der Waals surface area contributed by atoms with Gasteiger partial charge in [-0.1, -0.05) is 437 Å². The van der Waals surface area contributed by atoms with E-state index in [0.717, 1.165) is 102 Å². The van der Waals surface area contributed by atoms with Gasteiger partial charge in [0.25, 0.3) is 0 Å². The second-order valence-electron chi connectivity index (χ2n) is 36.8. The zero-order valence-corrected chi connectivity index (χ0v) is 83.0. The van der Waals surface area contributed by atoms with Crippen LogP contribution in [0.25, 0.3) is 100 Å². The standard InChI is InChI=1S/C54H40N2.C48H36N2.C42H32N2/c1-5-13-41(14-6-1)45-25-33-52(34-26-45)56(53-35-27-46(28-36-53)42-15-7-2-8-16-42)54-39-31-48(32-40-54)44-23-21-43(22-24-44)47-29-37-51(38-30-47)55(49-17-9-3-10-18-49)50-19-11-4-12-20-50;1-5-13-37(14-6-1)39-21-29-46(30-22-39)50(47-31-23-40(24-32-47)38-15-7-2-8-16-38)48-35-27-42(28-36-48)41-25-33-45(34-26-41)49(43-17-9-3-10-18-43)44-19-11-4-12-20-44;1-5-13-33(14-6-1)35-21-25-39(26-22-35)44(40-27-23-36(24-28-40)34-15-7-2-8-16-34)42-31-29-41(30-32-42)43(37-17-9-3-10-18-37)38-19-11-4-12-20-38/h1-40H;1-36H;1-32H. The monoisotopic (exact) mass is 1920 g/mol. The molecule has 6 nitrogen and oxygen atoms in total. The molecule has 0 aliphatic carbocycles. The topological polar surface area (TPSA) is 19.4 Å². The molecule has 24 rings (SSSR count). The van der Waals surface area contributed by atoms with Crippen LogP contribution in [0.15, 0.2) is 655 Å². The molecule has 0 radical (unpaired) electrons. The van der Waals surface area contributed by atoms with Crippen molar-refractivity contribution < 1.29 is 0 Å². The van der Waals surface area contributed by atoms with Gasteiger partial charge in [0.15, 0.2) is 0 Å². The molecule has 0 spiro atoms. The fourth-order valence-electron chi connectivity index (χ4n) is 19.6. The number of nitrogens with zero attached hydrogens (tertiary/aromatic N) is 6. The van der Waals surface area contributed by atoms with E-state index in [2.05, 4.69) is 685 Å². The lowest BCUT2D eigenvalue weighted by atomic mass is 9.99. The van der Waals surface area contributed by atoms with E-state index in [9.17, 15) is 0 Å². The summed E-state index contributed by atoms with van der Waals surface area (Å²) in [6, 6.07) is 233. The Labute approximate surface area is 880 Å². The van der Waals surface area contributed by atoms with Gasteiger partial charge in [-0.3, -0.25) is 0 Å². The molecule has 0 aromatic heterocycles. The van der Waals surface area contributed by atoms with E-state index in [0.29, 0.717) is 0 Å². The summed E-state index contributed by atoms with van der Waals surface area (Å²) in [5, 5.41) is 0. The minimum Gasteiger partial charge on any atom is -0.311 e. The Morgan fingerprint density at radius 3 is 0.207 bits per heavy atom. The maximum absolute atomic E-state index is 2.33. The average Bonchev–Trinajstić information content (AvgIpc) is 0.777. The van der Waals surface area contributed by atoms with Gasteiger partial charge in [-0.15, -0.1) is 0 Å². The number of rotatable bonds is 27. The van der Waals surface area contributed by atoms with Crippen molar-refractivity contribution in [3.05, 3.63) is 655 Å². The zero-order chi connectivity index (χ0) is 101. The molecule has 0 saturated heterocycles. The van der Waals surface area contributed by atoms with Crippen molar-refractivity contribution in [1.82, 2.24) is 0 Å². The average molecular weight is 1920 g/mol. The molecule has 6 heteroatoms. The Morgan fingerprint density at radius 2 is 0.113 bits per heavy atom. The van der Waals surface area contributed by atoms with E-state index in [1.54, 1.807) is 0 Å². The van der Waals surface area contributed by atoms with Crippen LogP contribution in [0.5, 0.6) is 0 Å². The number of para-hydroxylation sites is 6. The van der Waals surface area contributed by atoms with Crippen LogP contribution in [0.1, 0.15) is 0 Å². The third kappa shape index (κ3) is 22.4. The molecule has 0 aliphatic rings. The first-order valence-corrected chi connectivity index (χ1v) is 51.1. The van der Waals surface area contributed by atoms with Gasteiger partial charge in [0.2, 0.25) is 0 Å². The van der Waals surface area contributed by atoms with Crippen LogP contribution in [0.3, 0.4) is 0 Å². The van der Waals surface area contributed by atoms with E-state index >= 15 is 0 Å². The number of anilines is 18. The van der Waals surface area contributed by atoms with Crippen molar-refractivity contribution in [2.75, 3.05) is 29.4 Å². The van der Waals surface area contributed by atoms with Crippen molar-refractivity contribution in [1.29, 1.82) is 0 Å². The zero-order valence-electron chi connectivity index (χ0n) is 83.0. The van der Waals surface area contributed by atoms with Crippen molar-refractivity contribution in [2.45, 2.75) is 0 Å². The predicted molar refractivity (Wildman–Crippen MR) is 636 cm³/mol. The molecule has 0 aliphatic heterocycles. The van der Waals surface area contributed by atoms with Crippen LogP contribution in [0, 0.1) is 0 Å². The molecule has 150 heavy (non-hydrogen) atoms. The Kier molecular flexibility index (Phi) is 29.2. The van der Waals surface area contributed by atoms with Crippen LogP contribution in [-0.2, 0) is 0 Å². The van der Waals surface area contributed by atoms with Gasteiger partial charge in [-0.2, -0.15) is 0 Å². The summed E-state index contributed by atoms with van der Waals surface area (Å²) in [5.74, 6) is 0.